The summed E-state index contributed by atoms with van der Waals surface area (Å²) in [6.07, 6.45) is 13.6. The first kappa shape index (κ1) is 23.0. The summed E-state index contributed by atoms with van der Waals surface area (Å²) in [5, 5.41) is 0. The highest BCUT2D eigenvalue weighted by molar-refractivity contribution is 5.00. The molecule has 0 aliphatic rings. The van der Waals surface area contributed by atoms with Crippen LogP contribution in [0.3, 0.4) is 0 Å². The summed E-state index contributed by atoms with van der Waals surface area (Å²) >= 11 is 0. The maximum atomic E-state index is 2.64. The lowest BCUT2D eigenvalue weighted by Gasteiger charge is -2.57. The van der Waals surface area contributed by atoms with Gasteiger partial charge >= 0.3 is 0 Å². The summed E-state index contributed by atoms with van der Waals surface area (Å²) in [5.74, 6) is 0.864. The van der Waals surface area contributed by atoms with E-state index in [1.165, 1.54) is 64.2 Å². The minimum Gasteiger partial charge on any atom is -0.0654 e. The first-order chi connectivity index (χ1) is 10.6. The van der Waals surface area contributed by atoms with Gasteiger partial charge in [0.05, 0.1) is 0 Å². The number of unbranched alkanes of at least 4 members (excludes halogenated alkanes) is 2. The Bertz CT molecular complexity index is 303. The zero-order valence-corrected chi connectivity index (χ0v) is 18.1. The largest absolute Gasteiger partial charge is 0.0654 e. The molecule has 0 nitrogen and oxygen atoms in total. The van der Waals surface area contributed by atoms with E-state index in [1.54, 1.807) is 0 Å². The average molecular weight is 325 g/mol. The predicted octanol–water partition coefficient (Wildman–Crippen LogP) is 8.64. The Balaban J connectivity index is 5.55. The Morgan fingerprint density at radius 1 is 0.739 bits per heavy atom. The van der Waals surface area contributed by atoms with Gasteiger partial charge in [0.15, 0.2) is 0 Å². The standard InChI is InChI=1S/C23H48/c1-10-14-17-21(6,7)23(9,19-16-20(5)12-3)22(8,13-4)18-15-11-2/h20H,10-19H2,1-9H3. The molecule has 0 saturated carbocycles. The second-order valence-electron chi connectivity index (χ2n) is 9.39. The van der Waals surface area contributed by atoms with Crippen LogP contribution in [0.15, 0.2) is 0 Å². The molecule has 0 saturated heterocycles. The third kappa shape index (κ3) is 5.79. The number of hydrogen-bond donors (Lipinski definition) is 0. The smallest absolute Gasteiger partial charge is 0.0221 e. The predicted molar refractivity (Wildman–Crippen MR) is 108 cm³/mol. The van der Waals surface area contributed by atoms with Gasteiger partial charge in [-0.1, -0.05) is 107 Å². The minimum atomic E-state index is 0.426. The van der Waals surface area contributed by atoms with Crippen LogP contribution in [0.5, 0.6) is 0 Å². The van der Waals surface area contributed by atoms with Crippen LogP contribution in [-0.2, 0) is 0 Å². The molecule has 0 fully saturated rings. The lowest BCUT2D eigenvalue weighted by atomic mass is 9.48. The van der Waals surface area contributed by atoms with Crippen molar-refractivity contribution in [1.29, 1.82) is 0 Å². The van der Waals surface area contributed by atoms with Gasteiger partial charge in [-0.3, -0.25) is 0 Å². The van der Waals surface area contributed by atoms with Gasteiger partial charge in [0.25, 0.3) is 0 Å². The summed E-state index contributed by atoms with van der Waals surface area (Å²) in [4.78, 5) is 0. The zero-order chi connectivity index (χ0) is 18.1. The van der Waals surface area contributed by atoms with Crippen LogP contribution >= 0.6 is 0 Å². The molecule has 0 N–H and O–H groups in total. The molecule has 0 aliphatic carbocycles. The molecule has 0 aromatic carbocycles. The summed E-state index contributed by atoms with van der Waals surface area (Å²) in [6.45, 7) is 22.3. The second-order valence-corrected chi connectivity index (χ2v) is 9.39. The zero-order valence-electron chi connectivity index (χ0n) is 18.1. The van der Waals surface area contributed by atoms with Gasteiger partial charge in [0.1, 0.15) is 0 Å². The van der Waals surface area contributed by atoms with Crippen molar-refractivity contribution in [2.24, 2.45) is 22.2 Å². The maximum Gasteiger partial charge on any atom is -0.0221 e. The van der Waals surface area contributed by atoms with Crippen LogP contribution < -0.4 is 0 Å². The lowest BCUT2D eigenvalue weighted by molar-refractivity contribution is -0.0731. The van der Waals surface area contributed by atoms with E-state index >= 15 is 0 Å². The SMILES string of the molecule is CCCCC(C)(C)C(C)(CCC(C)CC)C(C)(CC)CCCC. The van der Waals surface area contributed by atoms with E-state index in [2.05, 4.69) is 62.3 Å². The van der Waals surface area contributed by atoms with Crippen molar-refractivity contribution in [2.75, 3.05) is 0 Å². The van der Waals surface area contributed by atoms with Crippen molar-refractivity contribution in [3.05, 3.63) is 0 Å². The molecule has 0 amide bonds. The van der Waals surface area contributed by atoms with Crippen molar-refractivity contribution in [2.45, 2.75) is 127 Å². The first-order valence-corrected chi connectivity index (χ1v) is 10.6. The van der Waals surface area contributed by atoms with Crippen molar-refractivity contribution >= 4 is 0 Å². The third-order valence-corrected chi connectivity index (χ3v) is 7.68. The number of rotatable bonds is 13. The van der Waals surface area contributed by atoms with Crippen molar-refractivity contribution in [3.8, 4) is 0 Å². The highest BCUT2D eigenvalue weighted by Crippen LogP contribution is 2.60. The monoisotopic (exact) mass is 324 g/mol. The Morgan fingerprint density at radius 2 is 1.26 bits per heavy atom. The molecule has 0 radical (unpaired) electrons. The molecule has 0 heteroatoms. The first-order valence-electron chi connectivity index (χ1n) is 10.6. The molecule has 23 heavy (non-hydrogen) atoms. The fraction of sp³-hybridized carbons (Fsp3) is 1.00. The molecule has 0 heterocycles. The van der Waals surface area contributed by atoms with Crippen LogP contribution in [-0.4, -0.2) is 0 Å². The summed E-state index contributed by atoms with van der Waals surface area (Å²) in [6, 6.07) is 0. The van der Waals surface area contributed by atoms with Gasteiger partial charge in [-0.25, -0.2) is 0 Å². The van der Waals surface area contributed by atoms with Crippen LogP contribution in [0, 0.1) is 22.2 Å². The lowest BCUT2D eigenvalue weighted by Crippen LogP contribution is -2.48. The molecule has 0 bridgehead atoms. The van der Waals surface area contributed by atoms with Gasteiger partial charge < -0.3 is 0 Å². The molecular weight excluding hydrogens is 276 g/mol. The van der Waals surface area contributed by atoms with E-state index in [0.29, 0.717) is 16.2 Å². The molecular formula is C23H48. The quantitative estimate of drug-likeness (QED) is 0.318. The molecule has 140 valence electrons. The Kier molecular flexibility index (Phi) is 10.1. The van der Waals surface area contributed by atoms with Crippen LogP contribution in [0.1, 0.15) is 127 Å². The van der Waals surface area contributed by atoms with Gasteiger partial charge in [0, 0.05) is 0 Å². The van der Waals surface area contributed by atoms with Crippen LogP contribution in [0.25, 0.3) is 0 Å². The number of hydrogen-bond acceptors (Lipinski definition) is 0. The normalized spacial score (nSPS) is 19.2. The van der Waals surface area contributed by atoms with Gasteiger partial charge in [-0.15, -0.1) is 0 Å². The average Bonchev–Trinajstić information content (AvgIpc) is 2.54. The fourth-order valence-electron chi connectivity index (χ4n) is 4.50. The maximum absolute atomic E-state index is 2.64. The highest BCUT2D eigenvalue weighted by Gasteiger charge is 2.51. The van der Waals surface area contributed by atoms with Gasteiger partial charge in [-0.2, -0.15) is 0 Å². The van der Waals surface area contributed by atoms with E-state index in [9.17, 15) is 0 Å². The Morgan fingerprint density at radius 3 is 1.70 bits per heavy atom. The summed E-state index contributed by atoms with van der Waals surface area (Å²) < 4.78 is 0. The minimum absolute atomic E-state index is 0.426. The third-order valence-electron chi connectivity index (χ3n) is 7.68. The topological polar surface area (TPSA) is 0 Å². The van der Waals surface area contributed by atoms with E-state index in [0.717, 1.165) is 5.92 Å². The molecule has 0 aromatic heterocycles. The Hall–Kier alpha value is 0. The van der Waals surface area contributed by atoms with Crippen molar-refractivity contribution < 1.29 is 0 Å². The van der Waals surface area contributed by atoms with E-state index in [4.69, 9.17) is 0 Å². The van der Waals surface area contributed by atoms with Crippen molar-refractivity contribution in [3.63, 3.8) is 0 Å². The van der Waals surface area contributed by atoms with Gasteiger partial charge in [-0.05, 0) is 41.4 Å². The van der Waals surface area contributed by atoms with Gasteiger partial charge in [0.2, 0.25) is 0 Å². The van der Waals surface area contributed by atoms with Crippen molar-refractivity contribution in [1.82, 2.24) is 0 Å². The van der Waals surface area contributed by atoms with Crippen LogP contribution in [0.4, 0.5) is 0 Å². The highest BCUT2D eigenvalue weighted by atomic mass is 14.6. The molecule has 3 atom stereocenters. The molecule has 0 aliphatic heterocycles. The second kappa shape index (κ2) is 10.1. The molecule has 0 rings (SSSR count). The molecule has 0 aromatic rings. The van der Waals surface area contributed by atoms with E-state index in [1.807, 2.05) is 0 Å². The summed E-state index contributed by atoms with van der Waals surface area (Å²) in [5.41, 5.74) is 1.32. The van der Waals surface area contributed by atoms with E-state index in [-0.39, 0.29) is 0 Å². The van der Waals surface area contributed by atoms with Crippen LogP contribution in [0.2, 0.25) is 0 Å². The molecule has 0 spiro atoms. The summed E-state index contributed by atoms with van der Waals surface area (Å²) in [7, 11) is 0. The fourth-order valence-corrected chi connectivity index (χ4v) is 4.50. The van der Waals surface area contributed by atoms with E-state index < -0.39 is 0 Å². The Labute approximate surface area is 149 Å². The molecule has 3 unspecified atom stereocenters.